The Bertz CT molecular complexity index is 578. The molecule has 0 aliphatic heterocycles. The van der Waals surface area contributed by atoms with Crippen LogP contribution in [0.4, 0.5) is 0 Å². The molecule has 0 aromatic heterocycles. The molecule has 1 aliphatic rings. The fourth-order valence-electron chi connectivity index (χ4n) is 2.82. The Morgan fingerprint density at radius 2 is 1.67 bits per heavy atom. The zero-order chi connectivity index (χ0) is 15.2. The molecule has 0 amide bonds. The van der Waals surface area contributed by atoms with Gasteiger partial charge in [0, 0.05) is 0 Å². The Hall–Kier alpha value is 0.0343. The van der Waals surface area contributed by atoms with Crippen molar-refractivity contribution in [3.8, 4) is 0 Å². The van der Waals surface area contributed by atoms with E-state index in [1.807, 2.05) is 12.2 Å². The number of fused-ring (bicyclic) bond motifs is 1. The summed E-state index contributed by atoms with van der Waals surface area (Å²) in [6.45, 7) is 9.40. The summed E-state index contributed by atoms with van der Waals surface area (Å²) in [7, 11) is -0.0206. The molecule has 0 spiro atoms. The van der Waals surface area contributed by atoms with Crippen molar-refractivity contribution in [3.05, 3.63) is 60.7 Å². The molecule has 0 N–H and O–H groups in total. The summed E-state index contributed by atoms with van der Waals surface area (Å²) in [5.74, 6) is 0. The third-order valence-electron chi connectivity index (χ3n) is 3.60. The molecule has 0 saturated heterocycles. The number of rotatable bonds is 3. The van der Waals surface area contributed by atoms with Gasteiger partial charge in [-0.25, -0.2) is 12.2 Å². The van der Waals surface area contributed by atoms with Gasteiger partial charge >= 0.3 is 21.7 Å². The average Bonchev–Trinajstić information content (AvgIpc) is 3.10. The maximum absolute atomic E-state index is 2.99. The van der Waals surface area contributed by atoms with Gasteiger partial charge in [0.05, 0.1) is 0 Å². The Morgan fingerprint density at radius 3 is 2.08 bits per heavy atom. The fraction of sp³-hybridized carbons (Fsp3) is 0.350. The molecular weight excluding hydrogens is 390 g/mol. The van der Waals surface area contributed by atoms with E-state index in [1.54, 1.807) is 5.30 Å². The van der Waals surface area contributed by atoms with Crippen LogP contribution in [0.5, 0.6) is 0 Å². The van der Waals surface area contributed by atoms with Crippen LogP contribution in [0.1, 0.15) is 34.1 Å². The second-order valence-electron chi connectivity index (χ2n) is 5.94. The van der Waals surface area contributed by atoms with E-state index in [2.05, 4.69) is 76.2 Å². The normalized spacial score (nSPS) is 11.8. The van der Waals surface area contributed by atoms with Crippen molar-refractivity contribution in [2.24, 2.45) is 0 Å². The molecule has 0 bridgehead atoms. The first-order valence-corrected chi connectivity index (χ1v) is 9.23. The van der Waals surface area contributed by atoms with Crippen LogP contribution in [0.3, 0.4) is 0 Å². The number of benzene rings is 1. The van der Waals surface area contributed by atoms with Crippen LogP contribution in [0, 0.1) is 6.08 Å². The largest absolute Gasteiger partial charge is 4.00 e. The van der Waals surface area contributed by atoms with E-state index in [0.717, 1.165) is 17.7 Å². The van der Waals surface area contributed by atoms with E-state index in [0.29, 0.717) is 0 Å². The summed E-state index contributed by atoms with van der Waals surface area (Å²) < 4.78 is 0. The molecule has 0 unspecified atom stereocenters. The smallest absolute Gasteiger partial charge is 1.00 e. The van der Waals surface area contributed by atoms with E-state index in [4.69, 9.17) is 0 Å². The average molecular weight is 415 g/mol. The Morgan fingerprint density at radius 1 is 1.04 bits per heavy atom. The second kappa shape index (κ2) is 13.3. The Kier molecular flexibility index (Phi) is 14.5. The van der Waals surface area contributed by atoms with Gasteiger partial charge in [-0.2, -0.15) is 12.1 Å². The van der Waals surface area contributed by atoms with Gasteiger partial charge in [-0.3, -0.25) is 6.08 Å². The van der Waals surface area contributed by atoms with Gasteiger partial charge < -0.3 is 24.8 Å². The zero-order valence-electron chi connectivity index (χ0n) is 14.8. The molecule has 0 atom stereocenters. The van der Waals surface area contributed by atoms with Gasteiger partial charge in [0.2, 0.25) is 0 Å². The predicted molar refractivity (Wildman–Crippen MR) is 97.9 cm³/mol. The molecule has 4 heteroatoms. The molecule has 2 aromatic carbocycles. The van der Waals surface area contributed by atoms with Crippen molar-refractivity contribution in [1.29, 1.82) is 0 Å². The minimum Gasteiger partial charge on any atom is -1.00 e. The molecule has 128 valence electrons. The van der Waals surface area contributed by atoms with E-state index in [-0.39, 0.29) is 54.5 Å². The van der Waals surface area contributed by atoms with E-state index in [1.165, 1.54) is 10.8 Å². The van der Waals surface area contributed by atoms with Crippen LogP contribution >= 0.6 is 7.92 Å². The van der Waals surface area contributed by atoms with Crippen LogP contribution in [0.15, 0.2) is 54.6 Å². The molecule has 0 nitrogen and oxygen atoms in total. The Balaban J connectivity index is 0. The molecule has 0 fully saturated rings. The van der Waals surface area contributed by atoms with E-state index >= 15 is 0 Å². The zero-order valence-corrected chi connectivity index (χ0v) is 18.7. The first kappa shape index (κ1) is 26.3. The van der Waals surface area contributed by atoms with Gasteiger partial charge in [-0.05, 0) is 11.3 Å². The number of halogens is 2. The van der Waals surface area contributed by atoms with E-state index in [9.17, 15) is 0 Å². The standard InChI is InChI=1S/C15H20P.C5H5.2ClH.Ti/c1-11(2)16(12(3)4)15-9-13-7-5-6-8-14(13)10-15;1-2-4-5-3-1;;;/h5-12H,1-4H3;1-3H,4H2;2*1H;/q2*-1;;;+4/p-2. The van der Waals surface area contributed by atoms with Crippen LogP contribution in [0.25, 0.3) is 10.8 Å². The first-order chi connectivity index (χ1) is 10.1. The Labute approximate surface area is 176 Å². The monoisotopic (exact) mass is 414 g/mol. The van der Waals surface area contributed by atoms with Gasteiger partial charge in [-0.1, -0.05) is 41.7 Å². The topological polar surface area (TPSA) is 0 Å². The van der Waals surface area contributed by atoms with Crippen molar-refractivity contribution < 1.29 is 46.5 Å². The molecule has 24 heavy (non-hydrogen) atoms. The van der Waals surface area contributed by atoms with Crippen LogP contribution < -0.4 is 30.1 Å². The SMILES string of the molecule is CC(C)P(c1cc2ccccc2[cH-]1)C(C)C.[C-]1=CC=CC1.[Cl-].[Cl-].[Ti+4]. The maximum Gasteiger partial charge on any atom is 4.00 e. The minimum atomic E-state index is -0.0206. The van der Waals surface area contributed by atoms with Crippen molar-refractivity contribution in [3.63, 3.8) is 0 Å². The van der Waals surface area contributed by atoms with Gasteiger partial charge in [0.15, 0.2) is 0 Å². The summed E-state index contributed by atoms with van der Waals surface area (Å²) in [4.78, 5) is 0. The second-order valence-corrected chi connectivity index (χ2v) is 9.34. The van der Waals surface area contributed by atoms with Crippen molar-refractivity contribution in [2.45, 2.75) is 45.4 Å². The molecule has 1 aliphatic carbocycles. The number of allylic oxidation sites excluding steroid dienone is 4. The summed E-state index contributed by atoms with van der Waals surface area (Å²) in [6, 6.07) is 13.5. The summed E-state index contributed by atoms with van der Waals surface area (Å²) in [5.41, 5.74) is 1.54. The van der Waals surface area contributed by atoms with Crippen LogP contribution in [-0.4, -0.2) is 11.3 Å². The first-order valence-electron chi connectivity index (χ1n) is 7.75. The molecule has 0 saturated carbocycles. The molecule has 0 radical (unpaired) electrons. The maximum atomic E-state index is 2.99. The predicted octanol–water partition coefficient (Wildman–Crippen LogP) is -0.206. The summed E-state index contributed by atoms with van der Waals surface area (Å²) >= 11 is 0. The fourth-order valence-corrected chi connectivity index (χ4v) is 5.78. The van der Waals surface area contributed by atoms with Gasteiger partial charge in [0.1, 0.15) is 0 Å². The third kappa shape index (κ3) is 7.51. The number of hydrogen-bond donors (Lipinski definition) is 0. The van der Waals surface area contributed by atoms with Crippen molar-refractivity contribution in [1.82, 2.24) is 0 Å². The summed E-state index contributed by atoms with van der Waals surface area (Å²) in [5, 5.41) is 4.36. The van der Waals surface area contributed by atoms with Crippen LogP contribution in [-0.2, 0) is 21.7 Å². The van der Waals surface area contributed by atoms with E-state index < -0.39 is 0 Å². The molecule has 0 heterocycles. The number of hydrogen-bond acceptors (Lipinski definition) is 0. The van der Waals surface area contributed by atoms with Gasteiger partial charge in [-0.15, -0.1) is 46.8 Å². The summed E-state index contributed by atoms with van der Waals surface area (Å²) in [6.07, 6.45) is 10.0. The molecular formula is C20H25Cl2PTi. The quantitative estimate of drug-likeness (QED) is 0.370. The van der Waals surface area contributed by atoms with Crippen molar-refractivity contribution >= 4 is 24.0 Å². The molecule has 3 rings (SSSR count). The van der Waals surface area contributed by atoms with Crippen molar-refractivity contribution in [2.75, 3.05) is 0 Å². The third-order valence-corrected chi connectivity index (χ3v) is 6.68. The minimum absolute atomic E-state index is 0. The van der Waals surface area contributed by atoms with Crippen LogP contribution in [0.2, 0.25) is 0 Å². The molecule has 2 aromatic rings. The van der Waals surface area contributed by atoms with Gasteiger partial charge in [0.25, 0.3) is 0 Å².